The average Bonchev–Trinajstić information content (AvgIpc) is 2.81. The number of anilines is 1. The number of thiazole rings is 1. The SMILES string of the molecule is CCC(C)NC(=O)Nc1ccc2nc(C(C)C)sc2c1. The van der Waals surface area contributed by atoms with Crippen LogP contribution < -0.4 is 10.6 Å². The number of nitrogens with one attached hydrogen (secondary N) is 2. The van der Waals surface area contributed by atoms with E-state index in [4.69, 9.17) is 0 Å². The zero-order chi connectivity index (χ0) is 14.7. The molecule has 2 N–H and O–H groups in total. The van der Waals surface area contributed by atoms with E-state index in [1.807, 2.05) is 32.0 Å². The van der Waals surface area contributed by atoms with Crippen LogP contribution in [0.5, 0.6) is 0 Å². The number of fused-ring (bicyclic) bond motifs is 1. The average molecular weight is 291 g/mol. The molecule has 0 bridgehead atoms. The molecule has 2 rings (SSSR count). The summed E-state index contributed by atoms with van der Waals surface area (Å²) in [5.74, 6) is 0.428. The summed E-state index contributed by atoms with van der Waals surface area (Å²) < 4.78 is 1.11. The first-order chi connectivity index (χ1) is 9.49. The van der Waals surface area contributed by atoms with Crippen LogP contribution in [0, 0.1) is 0 Å². The number of nitrogens with zero attached hydrogens (tertiary/aromatic N) is 1. The lowest BCUT2D eigenvalue weighted by Gasteiger charge is -2.12. The van der Waals surface area contributed by atoms with E-state index >= 15 is 0 Å². The van der Waals surface area contributed by atoms with Crippen LogP contribution >= 0.6 is 11.3 Å². The van der Waals surface area contributed by atoms with Crippen LogP contribution in [0.3, 0.4) is 0 Å². The first-order valence-corrected chi connectivity index (χ1v) is 7.79. The summed E-state index contributed by atoms with van der Waals surface area (Å²) in [6, 6.07) is 5.84. The van der Waals surface area contributed by atoms with Crippen LogP contribution in [0.25, 0.3) is 10.2 Å². The fraction of sp³-hybridized carbons (Fsp3) is 0.467. The quantitative estimate of drug-likeness (QED) is 0.880. The van der Waals surface area contributed by atoms with Gasteiger partial charge in [0.15, 0.2) is 0 Å². The number of urea groups is 1. The van der Waals surface area contributed by atoms with Gasteiger partial charge < -0.3 is 10.6 Å². The number of aromatic nitrogens is 1. The van der Waals surface area contributed by atoms with Gasteiger partial charge in [-0.25, -0.2) is 9.78 Å². The fourth-order valence-electron chi connectivity index (χ4n) is 1.76. The van der Waals surface area contributed by atoms with E-state index in [2.05, 4.69) is 29.5 Å². The molecule has 20 heavy (non-hydrogen) atoms. The second-order valence-corrected chi connectivity index (χ2v) is 6.36. The molecule has 0 aliphatic rings. The van der Waals surface area contributed by atoms with E-state index in [9.17, 15) is 4.79 Å². The molecule has 5 heteroatoms. The third kappa shape index (κ3) is 3.48. The Balaban J connectivity index is 2.13. The molecule has 1 aromatic carbocycles. The number of hydrogen-bond acceptors (Lipinski definition) is 3. The molecule has 0 aliphatic carbocycles. The number of benzene rings is 1. The maximum atomic E-state index is 11.8. The molecule has 2 aromatic rings. The van der Waals surface area contributed by atoms with Gasteiger partial charge in [-0.3, -0.25) is 0 Å². The molecular weight excluding hydrogens is 270 g/mol. The van der Waals surface area contributed by atoms with E-state index in [0.29, 0.717) is 5.92 Å². The smallest absolute Gasteiger partial charge is 0.319 e. The Bertz CT molecular complexity index is 606. The standard InChI is InChI=1S/C15H21N3OS/c1-5-10(4)16-15(19)17-11-6-7-12-13(8-11)20-14(18-12)9(2)3/h6-10H,5H2,1-4H3,(H2,16,17,19). The molecular formula is C15H21N3OS. The molecule has 1 heterocycles. The van der Waals surface area contributed by atoms with Gasteiger partial charge in [-0.2, -0.15) is 0 Å². The Morgan fingerprint density at radius 2 is 2.10 bits per heavy atom. The molecule has 0 spiro atoms. The maximum Gasteiger partial charge on any atom is 0.319 e. The molecule has 0 saturated carbocycles. The predicted molar refractivity (Wildman–Crippen MR) is 85.6 cm³/mol. The van der Waals surface area contributed by atoms with Crippen LogP contribution in [0.2, 0.25) is 0 Å². The molecule has 4 nitrogen and oxygen atoms in total. The van der Waals surface area contributed by atoms with Gasteiger partial charge in [-0.1, -0.05) is 20.8 Å². The van der Waals surface area contributed by atoms with E-state index in [-0.39, 0.29) is 12.1 Å². The number of carbonyl (C=O) groups is 1. The van der Waals surface area contributed by atoms with Crippen LogP contribution in [-0.4, -0.2) is 17.1 Å². The lowest BCUT2D eigenvalue weighted by Crippen LogP contribution is -2.35. The van der Waals surface area contributed by atoms with Crippen molar-refractivity contribution in [2.24, 2.45) is 0 Å². The van der Waals surface area contributed by atoms with Gasteiger partial charge in [0.1, 0.15) is 0 Å². The van der Waals surface area contributed by atoms with Crippen LogP contribution in [-0.2, 0) is 0 Å². The molecule has 1 aromatic heterocycles. The highest BCUT2D eigenvalue weighted by molar-refractivity contribution is 7.18. The van der Waals surface area contributed by atoms with Crippen molar-refractivity contribution >= 4 is 33.3 Å². The number of carbonyl (C=O) groups excluding carboxylic acids is 1. The summed E-state index contributed by atoms with van der Waals surface area (Å²) in [5.41, 5.74) is 1.80. The van der Waals surface area contributed by atoms with Crippen LogP contribution in [0.4, 0.5) is 10.5 Å². The van der Waals surface area contributed by atoms with Crippen molar-refractivity contribution in [3.63, 3.8) is 0 Å². The fourth-order valence-corrected chi connectivity index (χ4v) is 2.77. The summed E-state index contributed by atoms with van der Waals surface area (Å²) >= 11 is 1.68. The molecule has 1 unspecified atom stereocenters. The van der Waals surface area contributed by atoms with Crippen molar-refractivity contribution in [3.8, 4) is 0 Å². The van der Waals surface area contributed by atoms with E-state index < -0.39 is 0 Å². The Kier molecular flexibility index (Phi) is 4.60. The second kappa shape index (κ2) is 6.22. The third-order valence-electron chi connectivity index (χ3n) is 3.15. The summed E-state index contributed by atoms with van der Waals surface area (Å²) in [6.45, 7) is 8.30. The van der Waals surface area contributed by atoms with Gasteiger partial charge >= 0.3 is 6.03 Å². The highest BCUT2D eigenvalue weighted by Crippen LogP contribution is 2.29. The van der Waals surface area contributed by atoms with Crippen molar-refractivity contribution in [1.82, 2.24) is 10.3 Å². The lowest BCUT2D eigenvalue weighted by molar-refractivity contribution is 0.249. The van der Waals surface area contributed by atoms with E-state index in [1.165, 1.54) is 0 Å². The Hall–Kier alpha value is -1.62. The maximum absolute atomic E-state index is 11.8. The largest absolute Gasteiger partial charge is 0.335 e. The Morgan fingerprint density at radius 1 is 1.35 bits per heavy atom. The molecule has 0 saturated heterocycles. The van der Waals surface area contributed by atoms with Gasteiger partial charge in [-0.15, -0.1) is 11.3 Å². The molecule has 108 valence electrons. The summed E-state index contributed by atoms with van der Waals surface area (Å²) in [6.07, 6.45) is 0.916. The highest BCUT2D eigenvalue weighted by Gasteiger charge is 2.09. The second-order valence-electron chi connectivity index (χ2n) is 5.30. The number of amides is 2. The minimum Gasteiger partial charge on any atom is -0.335 e. The van der Waals surface area contributed by atoms with Gasteiger partial charge in [0, 0.05) is 17.6 Å². The van der Waals surface area contributed by atoms with Gasteiger partial charge in [0.2, 0.25) is 0 Å². The molecule has 0 fully saturated rings. The minimum absolute atomic E-state index is 0.160. The van der Waals surface area contributed by atoms with E-state index in [1.54, 1.807) is 11.3 Å². The zero-order valence-electron chi connectivity index (χ0n) is 12.4. The van der Waals surface area contributed by atoms with Crippen LogP contribution in [0.15, 0.2) is 18.2 Å². The molecule has 0 radical (unpaired) electrons. The Labute approximate surface area is 123 Å². The minimum atomic E-state index is -0.160. The Morgan fingerprint density at radius 3 is 2.75 bits per heavy atom. The van der Waals surface area contributed by atoms with Gasteiger partial charge in [0.05, 0.1) is 15.2 Å². The molecule has 0 aliphatic heterocycles. The monoisotopic (exact) mass is 291 g/mol. The first-order valence-electron chi connectivity index (χ1n) is 6.97. The highest BCUT2D eigenvalue weighted by atomic mass is 32.1. The van der Waals surface area contributed by atoms with Crippen LogP contribution in [0.1, 0.15) is 45.0 Å². The van der Waals surface area contributed by atoms with Crippen molar-refractivity contribution < 1.29 is 4.79 Å². The number of rotatable bonds is 4. The predicted octanol–water partition coefficient (Wildman–Crippen LogP) is 4.34. The molecule has 2 amide bonds. The number of hydrogen-bond donors (Lipinski definition) is 2. The lowest BCUT2D eigenvalue weighted by atomic mass is 10.2. The summed E-state index contributed by atoms with van der Waals surface area (Å²) in [4.78, 5) is 16.4. The topological polar surface area (TPSA) is 54.0 Å². The van der Waals surface area contributed by atoms with Crippen molar-refractivity contribution in [1.29, 1.82) is 0 Å². The summed E-state index contributed by atoms with van der Waals surface area (Å²) in [5, 5.41) is 6.88. The third-order valence-corrected chi connectivity index (χ3v) is 4.47. The first kappa shape index (κ1) is 14.8. The van der Waals surface area contributed by atoms with E-state index in [0.717, 1.165) is 27.3 Å². The summed E-state index contributed by atoms with van der Waals surface area (Å²) in [7, 11) is 0. The molecule has 1 atom stereocenters. The van der Waals surface area contributed by atoms with Crippen molar-refractivity contribution in [2.75, 3.05) is 5.32 Å². The van der Waals surface area contributed by atoms with Gasteiger partial charge in [0.25, 0.3) is 0 Å². The zero-order valence-corrected chi connectivity index (χ0v) is 13.2. The normalized spacial score (nSPS) is 12.7. The van der Waals surface area contributed by atoms with Gasteiger partial charge in [-0.05, 0) is 31.5 Å². The van der Waals surface area contributed by atoms with Crippen molar-refractivity contribution in [2.45, 2.75) is 46.1 Å². The van der Waals surface area contributed by atoms with Crippen molar-refractivity contribution in [3.05, 3.63) is 23.2 Å².